The van der Waals surface area contributed by atoms with Crippen LogP contribution in [-0.4, -0.2) is 41.1 Å². The maximum absolute atomic E-state index is 10.9. The Hall–Kier alpha value is -2.41. The van der Waals surface area contributed by atoms with E-state index in [0.29, 0.717) is 5.02 Å². The van der Waals surface area contributed by atoms with Crippen LogP contribution in [0.25, 0.3) is 0 Å². The lowest BCUT2D eigenvalue weighted by atomic mass is 10.2. The molecule has 8 heteroatoms. The maximum atomic E-state index is 10.9. The zero-order valence-corrected chi connectivity index (χ0v) is 15.9. The van der Waals surface area contributed by atoms with Crippen molar-refractivity contribution in [1.82, 2.24) is 9.97 Å². The highest BCUT2D eigenvalue weighted by molar-refractivity contribution is 6.33. The van der Waals surface area contributed by atoms with Gasteiger partial charge in [-0.1, -0.05) is 25.4 Å². The lowest BCUT2D eigenvalue weighted by molar-refractivity contribution is -0.384. The number of hydrogen-bond acceptors (Lipinski definition) is 6. The predicted octanol–water partition coefficient (Wildman–Crippen LogP) is 3.80. The number of halogens is 1. The van der Waals surface area contributed by atoms with Crippen molar-refractivity contribution in [3.63, 3.8) is 0 Å². The summed E-state index contributed by atoms with van der Waals surface area (Å²) in [5, 5.41) is 11.3. The second kappa shape index (κ2) is 7.45. The summed E-state index contributed by atoms with van der Waals surface area (Å²) in [4.78, 5) is 24.0. The number of anilines is 2. The fourth-order valence-electron chi connectivity index (χ4n) is 3.04. The highest BCUT2D eigenvalue weighted by Gasteiger charge is 2.22. The maximum Gasteiger partial charge on any atom is 0.271 e. The normalized spacial score (nSPS) is 14.8. The molecule has 0 bridgehead atoms. The van der Waals surface area contributed by atoms with Gasteiger partial charge < -0.3 is 9.80 Å². The molecular weight excluding hydrogens is 354 g/mol. The summed E-state index contributed by atoms with van der Waals surface area (Å²) < 4.78 is 0. The van der Waals surface area contributed by atoms with Gasteiger partial charge in [0.1, 0.15) is 11.6 Å². The van der Waals surface area contributed by atoms with Crippen LogP contribution in [0.2, 0.25) is 5.02 Å². The van der Waals surface area contributed by atoms with Gasteiger partial charge in [0.25, 0.3) is 5.69 Å². The summed E-state index contributed by atoms with van der Waals surface area (Å²) in [6.07, 6.45) is 0. The summed E-state index contributed by atoms with van der Waals surface area (Å²) in [6.45, 7) is 9.34. The van der Waals surface area contributed by atoms with Gasteiger partial charge in [-0.2, -0.15) is 0 Å². The van der Waals surface area contributed by atoms with E-state index in [0.717, 1.165) is 49.2 Å². The zero-order valence-electron chi connectivity index (χ0n) is 15.1. The molecule has 2 aromatic rings. The van der Waals surface area contributed by atoms with E-state index in [4.69, 9.17) is 16.6 Å². The molecule has 1 aromatic heterocycles. The molecular formula is C18H22ClN5O2. The number of aryl methyl sites for hydroxylation is 1. The molecule has 3 rings (SSSR count). The summed E-state index contributed by atoms with van der Waals surface area (Å²) in [6, 6.07) is 6.64. The van der Waals surface area contributed by atoms with Gasteiger partial charge in [0.05, 0.1) is 15.6 Å². The molecule has 2 heterocycles. The number of aromatic nitrogens is 2. The van der Waals surface area contributed by atoms with Crippen molar-refractivity contribution < 1.29 is 4.92 Å². The molecule has 1 aliphatic rings. The van der Waals surface area contributed by atoms with Crippen LogP contribution in [0.3, 0.4) is 0 Å². The van der Waals surface area contributed by atoms with Crippen LogP contribution >= 0.6 is 11.6 Å². The highest BCUT2D eigenvalue weighted by atomic mass is 35.5. The number of non-ortho nitro benzene ring substituents is 1. The van der Waals surface area contributed by atoms with Crippen molar-refractivity contribution in [1.29, 1.82) is 0 Å². The first-order valence-corrected chi connectivity index (χ1v) is 9.02. The molecule has 1 fully saturated rings. The van der Waals surface area contributed by atoms with Gasteiger partial charge in [-0.05, 0) is 13.0 Å². The van der Waals surface area contributed by atoms with Crippen molar-refractivity contribution in [2.24, 2.45) is 0 Å². The molecule has 0 radical (unpaired) electrons. The van der Waals surface area contributed by atoms with Gasteiger partial charge in [0.2, 0.25) is 0 Å². The summed E-state index contributed by atoms with van der Waals surface area (Å²) in [5.41, 5.74) is 1.81. The Labute approximate surface area is 157 Å². The Morgan fingerprint density at radius 1 is 1.12 bits per heavy atom. The molecule has 0 spiro atoms. The molecule has 1 aliphatic heterocycles. The minimum atomic E-state index is -0.433. The molecule has 0 N–H and O–H groups in total. The molecule has 138 valence electrons. The van der Waals surface area contributed by atoms with E-state index in [2.05, 4.69) is 28.6 Å². The number of nitrogens with zero attached hydrogens (tertiary/aromatic N) is 5. The number of nitro groups is 1. The van der Waals surface area contributed by atoms with E-state index in [1.165, 1.54) is 12.1 Å². The van der Waals surface area contributed by atoms with E-state index in [1.807, 2.05) is 13.0 Å². The molecule has 1 aromatic carbocycles. The monoisotopic (exact) mass is 375 g/mol. The molecule has 0 atom stereocenters. The first-order valence-electron chi connectivity index (χ1n) is 8.64. The summed E-state index contributed by atoms with van der Waals surface area (Å²) >= 11 is 6.26. The van der Waals surface area contributed by atoms with E-state index >= 15 is 0 Å². The number of benzene rings is 1. The number of hydrogen-bond donors (Lipinski definition) is 0. The Balaban J connectivity index is 1.73. The fourth-order valence-corrected chi connectivity index (χ4v) is 3.33. The Morgan fingerprint density at radius 2 is 1.77 bits per heavy atom. The van der Waals surface area contributed by atoms with Crippen LogP contribution in [0.5, 0.6) is 0 Å². The average molecular weight is 376 g/mol. The van der Waals surface area contributed by atoms with Gasteiger partial charge in [-0.15, -0.1) is 0 Å². The molecule has 0 saturated carbocycles. The van der Waals surface area contributed by atoms with Crippen LogP contribution in [0.1, 0.15) is 31.3 Å². The van der Waals surface area contributed by atoms with Gasteiger partial charge in [0.15, 0.2) is 0 Å². The van der Waals surface area contributed by atoms with Crippen LogP contribution in [-0.2, 0) is 0 Å². The van der Waals surface area contributed by atoms with Gasteiger partial charge in [-0.25, -0.2) is 9.97 Å². The van der Waals surface area contributed by atoms with Crippen molar-refractivity contribution in [3.8, 4) is 0 Å². The second-order valence-corrected chi connectivity index (χ2v) is 7.15. The minimum absolute atomic E-state index is 0.00932. The Morgan fingerprint density at radius 3 is 2.35 bits per heavy atom. The first kappa shape index (κ1) is 18.4. The van der Waals surface area contributed by atoms with Gasteiger partial charge in [-0.3, -0.25) is 10.1 Å². The molecule has 0 unspecified atom stereocenters. The topological polar surface area (TPSA) is 75.4 Å². The van der Waals surface area contributed by atoms with Crippen molar-refractivity contribution >= 4 is 28.8 Å². The molecule has 7 nitrogen and oxygen atoms in total. The Kier molecular flexibility index (Phi) is 5.27. The van der Waals surface area contributed by atoms with E-state index in [9.17, 15) is 10.1 Å². The van der Waals surface area contributed by atoms with E-state index < -0.39 is 4.92 Å². The average Bonchev–Trinajstić information content (AvgIpc) is 2.61. The quantitative estimate of drug-likeness (QED) is 0.597. The van der Waals surface area contributed by atoms with Crippen LogP contribution < -0.4 is 9.80 Å². The number of nitro benzene ring substituents is 1. The smallest absolute Gasteiger partial charge is 0.271 e. The Bertz CT molecular complexity index is 819. The molecule has 0 amide bonds. The van der Waals surface area contributed by atoms with Crippen LogP contribution in [0.15, 0.2) is 24.3 Å². The highest BCUT2D eigenvalue weighted by Crippen LogP contribution is 2.31. The second-order valence-electron chi connectivity index (χ2n) is 6.75. The third-order valence-corrected chi connectivity index (χ3v) is 4.76. The third kappa shape index (κ3) is 3.88. The van der Waals surface area contributed by atoms with Crippen molar-refractivity contribution in [3.05, 3.63) is 50.9 Å². The fraction of sp³-hybridized carbons (Fsp3) is 0.444. The van der Waals surface area contributed by atoms with E-state index in [-0.39, 0.29) is 11.6 Å². The SMILES string of the molecule is Cc1cc(N2CCN(c3ccc([N+](=O)[O-])cc3Cl)CC2)nc(C(C)C)n1. The molecule has 1 saturated heterocycles. The van der Waals surface area contributed by atoms with Gasteiger partial charge in [0, 0.05) is 56.0 Å². The molecule has 26 heavy (non-hydrogen) atoms. The van der Waals surface area contributed by atoms with E-state index in [1.54, 1.807) is 6.07 Å². The van der Waals surface area contributed by atoms with Crippen molar-refractivity contribution in [2.75, 3.05) is 36.0 Å². The zero-order chi connectivity index (χ0) is 18.8. The number of rotatable bonds is 4. The first-order chi connectivity index (χ1) is 12.3. The van der Waals surface area contributed by atoms with Crippen LogP contribution in [0.4, 0.5) is 17.2 Å². The lowest BCUT2D eigenvalue weighted by Gasteiger charge is -2.37. The van der Waals surface area contributed by atoms with Gasteiger partial charge >= 0.3 is 0 Å². The minimum Gasteiger partial charge on any atom is -0.367 e. The number of piperazine rings is 1. The van der Waals surface area contributed by atoms with Crippen LogP contribution in [0, 0.1) is 17.0 Å². The molecule has 0 aliphatic carbocycles. The summed E-state index contributed by atoms with van der Waals surface area (Å²) in [7, 11) is 0. The predicted molar refractivity (Wildman–Crippen MR) is 103 cm³/mol. The summed E-state index contributed by atoms with van der Waals surface area (Å²) in [5.74, 6) is 2.10. The lowest BCUT2D eigenvalue weighted by Crippen LogP contribution is -2.47. The standard InChI is InChI=1S/C18H22ClN5O2/c1-12(2)18-20-13(3)10-17(21-18)23-8-6-22(7-9-23)16-5-4-14(24(25)26)11-15(16)19/h4-5,10-12H,6-9H2,1-3H3. The van der Waals surface area contributed by atoms with Crippen molar-refractivity contribution in [2.45, 2.75) is 26.7 Å². The largest absolute Gasteiger partial charge is 0.367 e. The third-order valence-electron chi connectivity index (χ3n) is 4.46.